The van der Waals surface area contributed by atoms with Crippen molar-refractivity contribution in [1.29, 1.82) is 0 Å². The molecule has 2 aliphatic heterocycles. The van der Waals surface area contributed by atoms with Crippen molar-refractivity contribution < 1.29 is 31.4 Å². The van der Waals surface area contributed by atoms with Gasteiger partial charge in [-0.25, -0.2) is 4.79 Å². The van der Waals surface area contributed by atoms with E-state index in [-0.39, 0.29) is 19.5 Å². The number of carbonyl (C=O) groups is 2. The summed E-state index contributed by atoms with van der Waals surface area (Å²) >= 11 is 0. The van der Waals surface area contributed by atoms with Crippen LogP contribution in [0, 0.1) is 5.41 Å². The van der Waals surface area contributed by atoms with Crippen LogP contribution in [0.3, 0.4) is 0 Å². The number of esters is 1. The molecule has 0 saturated carbocycles. The predicted octanol–water partition coefficient (Wildman–Crippen LogP) is 0.838. The lowest BCUT2D eigenvalue weighted by Crippen LogP contribution is -2.63. The van der Waals surface area contributed by atoms with Crippen LogP contribution in [0.15, 0.2) is 0 Å². The van der Waals surface area contributed by atoms with Gasteiger partial charge in [-0.05, 0) is 20.8 Å². The van der Waals surface area contributed by atoms with Crippen molar-refractivity contribution >= 4 is 22.3 Å². The number of carbonyl (C=O) groups excluding carboxylic acids is 2. The SMILES string of the molecule is CC(C)(C)OC(=O)N1CC2(CC(=O)OC2CS(=O)(=O)F)C1. The smallest absolute Gasteiger partial charge is 0.410 e. The summed E-state index contributed by atoms with van der Waals surface area (Å²) in [6.07, 6.45) is -1.63. The average molecular weight is 323 g/mol. The molecule has 0 bridgehead atoms. The minimum absolute atomic E-state index is 0.0213. The number of hydrogen-bond donors (Lipinski definition) is 0. The Morgan fingerprint density at radius 3 is 2.52 bits per heavy atom. The molecule has 0 aromatic rings. The lowest BCUT2D eigenvalue weighted by molar-refractivity contribution is -0.141. The van der Waals surface area contributed by atoms with Crippen molar-refractivity contribution in [3.63, 3.8) is 0 Å². The van der Waals surface area contributed by atoms with Gasteiger partial charge < -0.3 is 14.4 Å². The maximum Gasteiger partial charge on any atom is 0.410 e. The third kappa shape index (κ3) is 3.63. The molecule has 21 heavy (non-hydrogen) atoms. The van der Waals surface area contributed by atoms with E-state index in [1.807, 2.05) is 0 Å². The number of hydrogen-bond acceptors (Lipinski definition) is 6. The van der Waals surface area contributed by atoms with E-state index in [0.717, 1.165) is 0 Å². The number of nitrogens with zero attached hydrogens (tertiary/aromatic N) is 1. The Bertz CT molecular complexity index is 561. The molecule has 1 spiro atoms. The van der Waals surface area contributed by atoms with E-state index in [1.54, 1.807) is 20.8 Å². The van der Waals surface area contributed by atoms with Gasteiger partial charge in [0, 0.05) is 13.1 Å². The Morgan fingerprint density at radius 2 is 2.05 bits per heavy atom. The molecule has 0 aromatic carbocycles. The molecule has 0 aromatic heterocycles. The van der Waals surface area contributed by atoms with Gasteiger partial charge >= 0.3 is 22.3 Å². The van der Waals surface area contributed by atoms with Gasteiger partial charge in [0.15, 0.2) is 0 Å². The van der Waals surface area contributed by atoms with E-state index in [2.05, 4.69) is 0 Å². The molecular weight excluding hydrogens is 305 g/mol. The molecule has 2 fully saturated rings. The van der Waals surface area contributed by atoms with Crippen LogP contribution >= 0.6 is 0 Å². The summed E-state index contributed by atoms with van der Waals surface area (Å²) in [6.45, 7) is 5.41. The van der Waals surface area contributed by atoms with E-state index < -0.39 is 45.2 Å². The van der Waals surface area contributed by atoms with Crippen LogP contribution in [0.1, 0.15) is 27.2 Å². The van der Waals surface area contributed by atoms with Crippen molar-refractivity contribution in [2.45, 2.75) is 38.9 Å². The summed E-state index contributed by atoms with van der Waals surface area (Å²) in [5.74, 6) is -1.45. The molecule has 2 saturated heterocycles. The molecular formula is C12H18FNO6S. The van der Waals surface area contributed by atoms with Crippen LogP contribution in [-0.4, -0.2) is 55.9 Å². The molecule has 2 rings (SSSR count). The van der Waals surface area contributed by atoms with E-state index in [4.69, 9.17) is 9.47 Å². The average Bonchev–Trinajstić information content (AvgIpc) is 2.46. The molecule has 1 atom stereocenters. The fourth-order valence-corrected chi connectivity index (χ4v) is 3.39. The Morgan fingerprint density at radius 1 is 1.48 bits per heavy atom. The van der Waals surface area contributed by atoms with Gasteiger partial charge in [-0.1, -0.05) is 0 Å². The van der Waals surface area contributed by atoms with E-state index >= 15 is 0 Å². The first-order chi connectivity index (χ1) is 9.40. The molecule has 1 amide bonds. The second kappa shape index (κ2) is 4.82. The minimum Gasteiger partial charge on any atom is -0.460 e. The molecule has 2 heterocycles. The first kappa shape index (κ1) is 16.0. The normalized spacial score (nSPS) is 24.7. The Hall–Kier alpha value is -1.38. The Balaban J connectivity index is 2.02. The third-order valence-electron chi connectivity index (χ3n) is 3.47. The van der Waals surface area contributed by atoms with Crippen LogP contribution in [0.5, 0.6) is 0 Å². The first-order valence-electron chi connectivity index (χ1n) is 6.50. The molecule has 9 heteroatoms. The Labute approximate surface area is 122 Å². The zero-order chi connectivity index (χ0) is 16.1. The molecule has 1 unspecified atom stereocenters. The molecule has 0 aliphatic carbocycles. The van der Waals surface area contributed by atoms with Gasteiger partial charge in [0.25, 0.3) is 0 Å². The summed E-state index contributed by atoms with van der Waals surface area (Å²) in [7, 11) is -4.76. The van der Waals surface area contributed by atoms with E-state index in [9.17, 15) is 21.9 Å². The highest BCUT2D eigenvalue weighted by molar-refractivity contribution is 7.86. The van der Waals surface area contributed by atoms with Crippen LogP contribution in [0.2, 0.25) is 0 Å². The summed E-state index contributed by atoms with van der Waals surface area (Å²) in [4.78, 5) is 24.6. The first-order valence-corrected chi connectivity index (χ1v) is 8.05. The van der Waals surface area contributed by atoms with Gasteiger partial charge in [0.05, 0.1) is 11.8 Å². The number of amides is 1. The highest BCUT2D eigenvalue weighted by Crippen LogP contribution is 2.44. The van der Waals surface area contributed by atoms with Gasteiger partial charge in [-0.2, -0.15) is 8.42 Å². The summed E-state index contributed by atoms with van der Waals surface area (Å²) in [5, 5.41) is 0. The third-order valence-corrected chi connectivity index (χ3v) is 4.17. The topological polar surface area (TPSA) is 90.0 Å². The number of halogens is 1. The maximum atomic E-state index is 12.8. The second-order valence-electron chi connectivity index (χ2n) is 6.56. The fraction of sp³-hybridized carbons (Fsp3) is 0.833. The molecule has 0 radical (unpaired) electrons. The zero-order valence-electron chi connectivity index (χ0n) is 12.1. The summed E-state index contributed by atoms with van der Waals surface area (Å²) in [6, 6.07) is 0. The van der Waals surface area contributed by atoms with Gasteiger partial charge in [-0.3, -0.25) is 4.79 Å². The monoisotopic (exact) mass is 323 g/mol. The quantitative estimate of drug-likeness (QED) is 0.552. The number of rotatable bonds is 2. The van der Waals surface area contributed by atoms with Gasteiger partial charge in [-0.15, -0.1) is 3.89 Å². The Kier molecular flexibility index (Phi) is 3.67. The molecule has 7 nitrogen and oxygen atoms in total. The largest absolute Gasteiger partial charge is 0.460 e. The standard InChI is InChI=1S/C12H18FNO6S/c1-11(2,3)20-10(16)14-6-12(7-14)4-9(15)19-8(12)5-21(13,17)18/h8H,4-7H2,1-3H3. The lowest BCUT2D eigenvalue weighted by atomic mass is 9.74. The zero-order valence-corrected chi connectivity index (χ0v) is 12.9. The maximum absolute atomic E-state index is 12.8. The van der Waals surface area contributed by atoms with E-state index in [1.165, 1.54) is 4.90 Å². The molecule has 120 valence electrons. The summed E-state index contributed by atoms with van der Waals surface area (Å²) in [5.41, 5.74) is -1.48. The van der Waals surface area contributed by atoms with Crippen molar-refractivity contribution in [2.24, 2.45) is 5.41 Å². The molecule has 0 N–H and O–H groups in total. The minimum atomic E-state index is -4.76. The van der Waals surface area contributed by atoms with Crippen LogP contribution in [-0.2, 0) is 24.5 Å². The second-order valence-corrected chi connectivity index (χ2v) is 7.97. The lowest BCUT2D eigenvalue weighted by Gasteiger charge is -2.48. The van der Waals surface area contributed by atoms with Gasteiger partial charge in [0.1, 0.15) is 17.5 Å². The fourth-order valence-electron chi connectivity index (χ4n) is 2.60. The highest BCUT2D eigenvalue weighted by Gasteiger charge is 2.59. The van der Waals surface area contributed by atoms with Gasteiger partial charge in [0.2, 0.25) is 0 Å². The van der Waals surface area contributed by atoms with Crippen LogP contribution in [0.25, 0.3) is 0 Å². The van der Waals surface area contributed by atoms with E-state index in [0.29, 0.717) is 0 Å². The number of ether oxygens (including phenoxy) is 2. The van der Waals surface area contributed by atoms with Crippen molar-refractivity contribution in [3.8, 4) is 0 Å². The predicted molar refractivity (Wildman–Crippen MR) is 69.6 cm³/mol. The molecule has 2 aliphatic rings. The van der Waals surface area contributed by atoms with Crippen molar-refractivity contribution in [2.75, 3.05) is 18.8 Å². The van der Waals surface area contributed by atoms with Crippen molar-refractivity contribution in [1.82, 2.24) is 4.90 Å². The number of likely N-dealkylation sites (tertiary alicyclic amines) is 1. The number of cyclic esters (lactones) is 1. The summed E-state index contributed by atoms with van der Waals surface area (Å²) < 4.78 is 44.4. The van der Waals surface area contributed by atoms with Crippen LogP contribution in [0.4, 0.5) is 8.68 Å². The highest BCUT2D eigenvalue weighted by atomic mass is 32.3. The van der Waals surface area contributed by atoms with Crippen LogP contribution < -0.4 is 0 Å². The van der Waals surface area contributed by atoms with Crippen molar-refractivity contribution in [3.05, 3.63) is 0 Å².